The molecule has 114 valence electrons. The molecule has 3 heterocycles. The molecule has 2 aromatic rings. The summed E-state index contributed by atoms with van der Waals surface area (Å²) in [5.74, 6) is 0.662. The van der Waals surface area contributed by atoms with Gasteiger partial charge in [0.15, 0.2) is 6.29 Å². The molecule has 0 aromatic carbocycles. The lowest BCUT2D eigenvalue weighted by Gasteiger charge is -2.14. The van der Waals surface area contributed by atoms with Crippen molar-refractivity contribution in [2.24, 2.45) is 5.73 Å². The van der Waals surface area contributed by atoms with Gasteiger partial charge in [0.2, 0.25) is 5.88 Å². The molecule has 21 heavy (non-hydrogen) atoms. The van der Waals surface area contributed by atoms with Crippen molar-refractivity contribution < 1.29 is 9.53 Å². The van der Waals surface area contributed by atoms with Crippen LogP contribution in [0.5, 0.6) is 5.88 Å². The Labute approximate surface area is 128 Å². The van der Waals surface area contributed by atoms with Gasteiger partial charge in [0.05, 0.1) is 4.88 Å². The number of rotatable bonds is 4. The molecule has 1 atom stereocenters. The van der Waals surface area contributed by atoms with Crippen molar-refractivity contribution >= 4 is 27.8 Å². The number of ether oxygens (including phenoxy) is 1. The van der Waals surface area contributed by atoms with Crippen molar-refractivity contribution in [2.75, 3.05) is 26.7 Å². The van der Waals surface area contributed by atoms with Gasteiger partial charge in [-0.25, -0.2) is 4.98 Å². The molecule has 3 rings (SSSR count). The zero-order valence-corrected chi connectivity index (χ0v) is 13.2. The molecule has 1 fully saturated rings. The van der Waals surface area contributed by atoms with E-state index in [-0.39, 0.29) is 6.10 Å². The van der Waals surface area contributed by atoms with Crippen LogP contribution in [0, 0.1) is 0 Å². The number of aldehydes is 1. The first-order valence-corrected chi connectivity index (χ1v) is 7.92. The van der Waals surface area contributed by atoms with Crippen molar-refractivity contribution in [2.45, 2.75) is 19.4 Å². The van der Waals surface area contributed by atoms with Crippen LogP contribution in [0.25, 0.3) is 10.2 Å². The predicted octanol–water partition coefficient (Wildman–Crippen LogP) is 2.16. The van der Waals surface area contributed by atoms with Crippen LogP contribution in [-0.4, -0.2) is 49.0 Å². The van der Waals surface area contributed by atoms with Gasteiger partial charge >= 0.3 is 0 Å². The molecule has 0 amide bonds. The minimum absolute atomic E-state index is 0.232. The molecule has 1 unspecified atom stereocenters. The SMILES string of the molecule is CCN1CCC(Oc2ccc3cc(C=O)sc3n2)C1.CN. The van der Waals surface area contributed by atoms with E-state index in [9.17, 15) is 4.79 Å². The number of hydrogen-bond donors (Lipinski definition) is 1. The topological polar surface area (TPSA) is 68.5 Å². The number of pyridine rings is 1. The number of fused-ring (bicyclic) bond motifs is 1. The third-order valence-corrected chi connectivity index (χ3v) is 4.43. The van der Waals surface area contributed by atoms with Gasteiger partial charge in [-0.3, -0.25) is 9.69 Å². The molecule has 1 aliphatic rings. The number of nitrogens with zero attached hydrogens (tertiary/aromatic N) is 2. The molecule has 1 saturated heterocycles. The van der Waals surface area contributed by atoms with E-state index in [1.54, 1.807) is 0 Å². The predicted molar refractivity (Wildman–Crippen MR) is 86.3 cm³/mol. The Kier molecular flexibility index (Phi) is 5.67. The standard InChI is InChI=1S/C14H16N2O2S.CH5N/c1-2-16-6-5-11(8-16)18-13-4-3-10-7-12(9-17)19-14(10)15-13;1-2/h3-4,7,9,11H,2,5-6,8H2,1H3;2H2,1H3. The van der Waals surface area contributed by atoms with E-state index in [1.807, 2.05) is 18.2 Å². The maximum Gasteiger partial charge on any atom is 0.214 e. The zero-order chi connectivity index (χ0) is 15.2. The van der Waals surface area contributed by atoms with Crippen LogP contribution in [-0.2, 0) is 0 Å². The third kappa shape index (κ3) is 3.78. The monoisotopic (exact) mass is 307 g/mol. The Morgan fingerprint density at radius 1 is 1.52 bits per heavy atom. The van der Waals surface area contributed by atoms with Crippen LogP contribution in [0.4, 0.5) is 0 Å². The summed E-state index contributed by atoms with van der Waals surface area (Å²) in [7, 11) is 1.50. The number of hydrogen-bond acceptors (Lipinski definition) is 6. The van der Waals surface area contributed by atoms with E-state index in [0.717, 1.165) is 42.6 Å². The number of aromatic nitrogens is 1. The fourth-order valence-corrected chi connectivity index (χ4v) is 3.23. The lowest BCUT2D eigenvalue weighted by Crippen LogP contribution is -2.24. The van der Waals surface area contributed by atoms with E-state index in [0.29, 0.717) is 10.8 Å². The summed E-state index contributed by atoms with van der Waals surface area (Å²) < 4.78 is 5.92. The van der Waals surface area contributed by atoms with Gasteiger partial charge in [0.25, 0.3) is 0 Å². The molecule has 6 heteroatoms. The van der Waals surface area contributed by atoms with Crippen molar-refractivity contribution in [1.29, 1.82) is 0 Å². The van der Waals surface area contributed by atoms with Crippen LogP contribution >= 0.6 is 11.3 Å². The normalized spacial score (nSPS) is 18.3. The minimum Gasteiger partial charge on any atom is -0.473 e. The molecule has 0 spiro atoms. The summed E-state index contributed by atoms with van der Waals surface area (Å²) in [6, 6.07) is 5.71. The highest BCUT2D eigenvalue weighted by Gasteiger charge is 2.23. The summed E-state index contributed by atoms with van der Waals surface area (Å²) in [6.45, 7) is 5.30. The highest BCUT2D eigenvalue weighted by molar-refractivity contribution is 7.20. The first-order valence-electron chi connectivity index (χ1n) is 7.11. The van der Waals surface area contributed by atoms with Crippen LogP contribution < -0.4 is 10.5 Å². The number of likely N-dealkylation sites (N-methyl/N-ethyl adjacent to an activating group) is 1. The van der Waals surface area contributed by atoms with Gasteiger partial charge in [-0.1, -0.05) is 6.92 Å². The van der Waals surface area contributed by atoms with Gasteiger partial charge in [0.1, 0.15) is 10.9 Å². The summed E-state index contributed by atoms with van der Waals surface area (Å²) in [5.41, 5.74) is 4.50. The molecule has 2 aromatic heterocycles. The molecule has 1 aliphatic heterocycles. The molecule has 2 N–H and O–H groups in total. The van der Waals surface area contributed by atoms with Crippen LogP contribution in [0.15, 0.2) is 18.2 Å². The second-order valence-electron chi connectivity index (χ2n) is 4.73. The van der Waals surface area contributed by atoms with E-state index in [2.05, 4.69) is 22.5 Å². The van der Waals surface area contributed by atoms with E-state index in [1.165, 1.54) is 18.4 Å². The lowest BCUT2D eigenvalue weighted by atomic mass is 10.3. The van der Waals surface area contributed by atoms with E-state index < -0.39 is 0 Å². The number of carbonyl (C=O) groups excluding carboxylic acids is 1. The molecule has 0 bridgehead atoms. The average molecular weight is 307 g/mol. The Morgan fingerprint density at radius 2 is 2.33 bits per heavy atom. The maximum atomic E-state index is 10.8. The minimum atomic E-state index is 0.232. The van der Waals surface area contributed by atoms with Gasteiger partial charge in [-0.2, -0.15) is 0 Å². The van der Waals surface area contributed by atoms with Gasteiger partial charge < -0.3 is 10.5 Å². The lowest BCUT2D eigenvalue weighted by molar-refractivity contribution is 0.112. The highest BCUT2D eigenvalue weighted by Crippen LogP contribution is 2.26. The summed E-state index contributed by atoms with van der Waals surface area (Å²) >= 11 is 1.40. The number of carbonyl (C=O) groups is 1. The summed E-state index contributed by atoms with van der Waals surface area (Å²) in [5, 5.41) is 1.00. The van der Waals surface area contributed by atoms with Crippen LogP contribution in [0.1, 0.15) is 23.0 Å². The van der Waals surface area contributed by atoms with Crippen LogP contribution in [0.3, 0.4) is 0 Å². The van der Waals surface area contributed by atoms with Crippen molar-refractivity contribution in [3.8, 4) is 5.88 Å². The largest absolute Gasteiger partial charge is 0.473 e. The van der Waals surface area contributed by atoms with Crippen molar-refractivity contribution in [1.82, 2.24) is 9.88 Å². The first-order chi connectivity index (χ1) is 10.3. The Balaban J connectivity index is 0.000000774. The summed E-state index contributed by atoms with van der Waals surface area (Å²) in [6.07, 6.45) is 2.15. The van der Waals surface area contributed by atoms with E-state index in [4.69, 9.17) is 4.74 Å². The molecular weight excluding hydrogens is 286 g/mol. The Morgan fingerprint density at radius 3 is 3.00 bits per heavy atom. The van der Waals surface area contributed by atoms with Crippen LogP contribution in [0.2, 0.25) is 0 Å². The number of likely N-dealkylation sites (tertiary alicyclic amines) is 1. The summed E-state index contributed by atoms with van der Waals surface area (Å²) in [4.78, 5) is 19.2. The Bertz CT molecular complexity index is 600. The van der Waals surface area contributed by atoms with Crippen molar-refractivity contribution in [3.63, 3.8) is 0 Å². The molecule has 0 saturated carbocycles. The van der Waals surface area contributed by atoms with E-state index >= 15 is 0 Å². The fourth-order valence-electron chi connectivity index (χ4n) is 2.40. The quantitative estimate of drug-likeness (QED) is 0.877. The van der Waals surface area contributed by atoms with Crippen molar-refractivity contribution in [3.05, 3.63) is 23.1 Å². The molecule has 0 radical (unpaired) electrons. The molecular formula is C15H21N3O2S. The first kappa shape index (κ1) is 15.9. The average Bonchev–Trinajstić information content (AvgIpc) is 3.15. The molecule has 0 aliphatic carbocycles. The zero-order valence-electron chi connectivity index (χ0n) is 12.4. The van der Waals surface area contributed by atoms with Gasteiger partial charge in [-0.15, -0.1) is 11.3 Å². The highest BCUT2D eigenvalue weighted by atomic mass is 32.1. The maximum absolute atomic E-state index is 10.8. The number of thiophene rings is 1. The van der Waals surface area contributed by atoms with Gasteiger partial charge in [0, 0.05) is 24.5 Å². The van der Waals surface area contributed by atoms with Gasteiger partial charge in [-0.05, 0) is 32.1 Å². The number of nitrogens with two attached hydrogens (primary N) is 1. The fraction of sp³-hybridized carbons (Fsp3) is 0.467. The molecule has 5 nitrogen and oxygen atoms in total. The smallest absolute Gasteiger partial charge is 0.214 e. The third-order valence-electron chi connectivity index (χ3n) is 3.46. The second kappa shape index (κ2) is 7.49. The Hall–Kier alpha value is -1.50. The second-order valence-corrected chi connectivity index (χ2v) is 5.79.